The van der Waals surface area contributed by atoms with Crippen LogP contribution in [0.4, 0.5) is 13.2 Å². The first-order valence-corrected chi connectivity index (χ1v) is 10.7. The van der Waals surface area contributed by atoms with Gasteiger partial charge in [0.25, 0.3) is 0 Å². The number of amides is 1. The Balaban J connectivity index is 1.80. The lowest BCUT2D eigenvalue weighted by Crippen LogP contribution is -2.38. The molecule has 0 bridgehead atoms. The number of imidazole rings is 1. The highest BCUT2D eigenvalue weighted by atomic mass is 79.9. The first-order valence-electron chi connectivity index (χ1n) is 9.89. The summed E-state index contributed by atoms with van der Waals surface area (Å²) in [7, 11) is 0. The molecule has 0 radical (unpaired) electrons. The van der Waals surface area contributed by atoms with Gasteiger partial charge in [-0.05, 0) is 35.3 Å². The van der Waals surface area contributed by atoms with E-state index in [1.807, 2.05) is 18.3 Å². The van der Waals surface area contributed by atoms with E-state index in [0.29, 0.717) is 40.4 Å². The molecule has 4 aromatic heterocycles. The molecule has 0 fully saturated rings. The molecule has 2 N–H and O–H groups in total. The molecule has 1 amide bonds. The number of hydrogen-bond donors (Lipinski definition) is 2. The zero-order valence-electron chi connectivity index (χ0n) is 17.2. The topological polar surface area (TPSA) is 101 Å². The number of rotatable bonds is 6. The quantitative estimate of drug-likeness (QED) is 0.403. The minimum atomic E-state index is -4.49. The molecule has 168 valence electrons. The van der Waals surface area contributed by atoms with Crippen LogP contribution in [0.1, 0.15) is 32.1 Å². The standard InChI is InChI=1S/C20H19BrF3N7O/c1-3-4-15-29-14-8-27-17(13-7-26-16-12(13)5-11(21)6-25-16)30-18(14)31(15)10(2)19(32)28-9-20(22,23)24/h5-8,10H,3-4,9H2,1-2H3,(H,25,26)(H,28,32). The fraction of sp³-hybridized carbons (Fsp3) is 0.350. The van der Waals surface area contributed by atoms with Crippen LogP contribution >= 0.6 is 15.9 Å². The van der Waals surface area contributed by atoms with Gasteiger partial charge in [0.05, 0.1) is 6.20 Å². The Morgan fingerprint density at radius 3 is 2.78 bits per heavy atom. The van der Waals surface area contributed by atoms with Crippen molar-refractivity contribution in [1.82, 2.24) is 34.8 Å². The lowest BCUT2D eigenvalue weighted by Gasteiger charge is -2.17. The molecular formula is C20H19BrF3N7O. The summed E-state index contributed by atoms with van der Waals surface area (Å²) < 4.78 is 40.1. The van der Waals surface area contributed by atoms with Gasteiger partial charge in [0.15, 0.2) is 11.5 Å². The number of nitrogens with one attached hydrogen (secondary N) is 2. The van der Waals surface area contributed by atoms with E-state index < -0.39 is 24.7 Å². The Morgan fingerprint density at radius 2 is 2.06 bits per heavy atom. The van der Waals surface area contributed by atoms with E-state index in [2.05, 4.69) is 40.8 Å². The zero-order chi connectivity index (χ0) is 23.0. The second-order valence-corrected chi connectivity index (χ2v) is 8.23. The number of aromatic amines is 1. The summed E-state index contributed by atoms with van der Waals surface area (Å²) >= 11 is 3.40. The van der Waals surface area contributed by atoms with E-state index in [9.17, 15) is 18.0 Å². The number of hydrogen-bond acceptors (Lipinski definition) is 5. The van der Waals surface area contributed by atoms with Crippen molar-refractivity contribution < 1.29 is 18.0 Å². The minimum absolute atomic E-state index is 0.380. The van der Waals surface area contributed by atoms with Gasteiger partial charge in [-0.2, -0.15) is 13.2 Å². The summed E-state index contributed by atoms with van der Waals surface area (Å²) in [6.45, 7) is 2.08. The molecule has 12 heteroatoms. The lowest BCUT2D eigenvalue weighted by molar-refractivity contribution is -0.140. The lowest BCUT2D eigenvalue weighted by atomic mass is 10.2. The van der Waals surface area contributed by atoms with Gasteiger partial charge < -0.3 is 14.9 Å². The molecule has 0 aliphatic rings. The summed E-state index contributed by atoms with van der Waals surface area (Å²) in [5.41, 5.74) is 2.21. The van der Waals surface area contributed by atoms with Crippen molar-refractivity contribution >= 4 is 44.0 Å². The van der Waals surface area contributed by atoms with Gasteiger partial charge in [0.1, 0.15) is 29.6 Å². The minimum Gasteiger partial charge on any atom is -0.345 e. The van der Waals surface area contributed by atoms with Crippen LogP contribution in [-0.4, -0.2) is 48.1 Å². The third-order valence-electron chi connectivity index (χ3n) is 4.95. The third-order valence-corrected chi connectivity index (χ3v) is 5.38. The third kappa shape index (κ3) is 4.31. The summed E-state index contributed by atoms with van der Waals surface area (Å²) in [6, 6.07) is 0.944. The van der Waals surface area contributed by atoms with Crippen molar-refractivity contribution in [3.63, 3.8) is 0 Å². The fourth-order valence-corrected chi connectivity index (χ4v) is 3.82. The van der Waals surface area contributed by atoms with Crippen LogP contribution in [0.5, 0.6) is 0 Å². The van der Waals surface area contributed by atoms with Gasteiger partial charge in [0.2, 0.25) is 5.91 Å². The van der Waals surface area contributed by atoms with E-state index >= 15 is 0 Å². The van der Waals surface area contributed by atoms with Crippen LogP contribution in [0.15, 0.2) is 29.1 Å². The predicted octanol–water partition coefficient (Wildman–Crippen LogP) is 4.32. The second kappa shape index (κ2) is 8.49. The molecule has 4 heterocycles. The molecule has 8 nitrogen and oxygen atoms in total. The molecule has 4 aromatic rings. The average molecular weight is 510 g/mol. The summed E-state index contributed by atoms with van der Waals surface area (Å²) in [5.74, 6) is 0.182. The van der Waals surface area contributed by atoms with E-state index in [0.717, 1.165) is 16.3 Å². The highest BCUT2D eigenvalue weighted by Crippen LogP contribution is 2.29. The molecule has 0 saturated carbocycles. The number of pyridine rings is 1. The van der Waals surface area contributed by atoms with Crippen LogP contribution < -0.4 is 5.32 Å². The van der Waals surface area contributed by atoms with Crippen molar-refractivity contribution in [2.45, 2.75) is 38.9 Å². The second-order valence-electron chi connectivity index (χ2n) is 7.31. The number of aryl methyl sites for hydroxylation is 1. The van der Waals surface area contributed by atoms with Crippen LogP contribution in [0.2, 0.25) is 0 Å². The fourth-order valence-electron chi connectivity index (χ4n) is 3.49. The van der Waals surface area contributed by atoms with Crippen molar-refractivity contribution in [1.29, 1.82) is 0 Å². The Kier molecular flexibility index (Phi) is 5.89. The van der Waals surface area contributed by atoms with Gasteiger partial charge in [0, 0.05) is 34.2 Å². The highest BCUT2D eigenvalue weighted by molar-refractivity contribution is 9.10. The number of alkyl halides is 3. The molecule has 32 heavy (non-hydrogen) atoms. The van der Waals surface area contributed by atoms with E-state index in [-0.39, 0.29) is 0 Å². The molecule has 1 atom stereocenters. The predicted molar refractivity (Wildman–Crippen MR) is 116 cm³/mol. The van der Waals surface area contributed by atoms with Crippen molar-refractivity contribution in [3.05, 3.63) is 35.0 Å². The maximum atomic E-state index is 12.6. The van der Waals surface area contributed by atoms with Gasteiger partial charge in [-0.15, -0.1) is 0 Å². The Hall–Kier alpha value is -3.02. The maximum Gasteiger partial charge on any atom is 0.405 e. The normalized spacial score (nSPS) is 13.1. The molecule has 0 aromatic carbocycles. The molecule has 0 saturated heterocycles. The van der Waals surface area contributed by atoms with Gasteiger partial charge in [-0.1, -0.05) is 6.92 Å². The van der Waals surface area contributed by atoms with Crippen molar-refractivity contribution in [2.24, 2.45) is 0 Å². The number of nitrogens with zero attached hydrogens (tertiary/aromatic N) is 5. The van der Waals surface area contributed by atoms with E-state index in [1.54, 1.807) is 23.2 Å². The van der Waals surface area contributed by atoms with E-state index in [1.165, 1.54) is 6.92 Å². The maximum absolute atomic E-state index is 12.6. The Labute approximate surface area is 188 Å². The summed E-state index contributed by atoms with van der Waals surface area (Å²) in [4.78, 5) is 33.4. The number of halogens is 4. The molecule has 4 rings (SSSR count). The van der Waals surface area contributed by atoms with E-state index in [4.69, 9.17) is 0 Å². The number of H-pyrrole nitrogens is 1. The average Bonchev–Trinajstić information content (AvgIpc) is 3.31. The molecule has 0 aliphatic heterocycles. The van der Waals surface area contributed by atoms with Gasteiger partial charge in [-0.25, -0.2) is 19.9 Å². The smallest absolute Gasteiger partial charge is 0.345 e. The monoisotopic (exact) mass is 509 g/mol. The highest BCUT2D eigenvalue weighted by Gasteiger charge is 2.30. The molecular weight excluding hydrogens is 491 g/mol. The molecule has 1 unspecified atom stereocenters. The largest absolute Gasteiger partial charge is 0.405 e. The van der Waals surface area contributed by atoms with Crippen LogP contribution in [-0.2, 0) is 11.2 Å². The van der Waals surface area contributed by atoms with Crippen LogP contribution in [0.25, 0.3) is 33.6 Å². The number of carbonyl (C=O) groups excluding carboxylic acids is 1. The molecule has 0 aliphatic carbocycles. The SMILES string of the molecule is CCCc1nc2cnc(-c3c[nH]c4ncc(Br)cc34)nc2n1C(C)C(=O)NCC(F)(F)F. The first-order chi connectivity index (χ1) is 15.2. The first kappa shape index (κ1) is 22.2. The number of fused-ring (bicyclic) bond motifs is 2. The number of carbonyl (C=O) groups is 1. The zero-order valence-corrected chi connectivity index (χ0v) is 18.8. The van der Waals surface area contributed by atoms with Crippen molar-refractivity contribution in [2.75, 3.05) is 6.54 Å². The van der Waals surface area contributed by atoms with Crippen molar-refractivity contribution in [3.8, 4) is 11.4 Å². The number of aromatic nitrogens is 6. The Bertz CT molecular complexity index is 1300. The van der Waals surface area contributed by atoms with Gasteiger partial charge in [-0.3, -0.25) is 4.79 Å². The van der Waals surface area contributed by atoms with Crippen LogP contribution in [0.3, 0.4) is 0 Å². The molecule has 0 spiro atoms. The summed E-state index contributed by atoms with van der Waals surface area (Å²) in [5, 5.41) is 2.74. The van der Waals surface area contributed by atoms with Crippen LogP contribution in [0, 0.1) is 0 Å². The summed E-state index contributed by atoms with van der Waals surface area (Å²) in [6.07, 6.45) is 1.73. The van der Waals surface area contributed by atoms with Gasteiger partial charge >= 0.3 is 6.18 Å². The Morgan fingerprint density at radius 1 is 1.28 bits per heavy atom.